The van der Waals surface area contributed by atoms with Gasteiger partial charge in [0.2, 0.25) is 0 Å². The van der Waals surface area contributed by atoms with E-state index >= 15 is 0 Å². The van der Waals surface area contributed by atoms with E-state index in [1.807, 2.05) is 9.80 Å². The molecule has 0 aliphatic carbocycles. The molecule has 1 unspecified atom stereocenters. The van der Waals surface area contributed by atoms with Crippen molar-refractivity contribution >= 4 is 26.2 Å². The zero-order valence-corrected chi connectivity index (χ0v) is 26.7. The molecule has 2 rings (SSSR count). The van der Waals surface area contributed by atoms with Crippen molar-refractivity contribution in [3.8, 4) is 0 Å². The second kappa shape index (κ2) is 25.0. The SMILES string of the molecule is O.O=C(O)CN(CCO)CCO.O=S(=O)(O)CC(O)CN1CCN(CCO)CC1.O=S(=O)(O)CCN1CCN(CCO)CC1. The maximum Gasteiger partial charge on any atom is 0.317 e. The van der Waals surface area contributed by atoms with Crippen LogP contribution in [0.5, 0.6) is 0 Å². The molecule has 2 aliphatic heterocycles. The average molecular weight is 688 g/mol. The number of piperazine rings is 2. The molecule has 2 saturated heterocycles. The summed E-state index contributed by atoms with van der Waals surface area (Å²) < 4.78 is 59.3. The molecule has 0 aromatic carbocycles. The Morgan fingerprint density at radius 1 is 0.659 bits per heavy atom. The number of carboxylic acid groups (broad SMARTS) is 1. The Bertz CT molecular complexity index is 926. The lowest BCUT2D eigenvalue weighted by Crippen LogP contribution is -2.49. The molecule has 0 aromatic rings. The summed E-state index contributed by atoms with van der Waals surface area (Å²) in [5.41, 5.74) is 0. The molecule has 19 nitrogen and oxygen atoms in total. The fraction of sp³-hybridized carbons (Fsp3) is 0.957. The molecule has 0 aromatic heterocycles. The summed E-state index contributed by atoms with van der Waals surface area (Å²) in [7, 11) is -7.96. The molecular formula is C23H53N5O14S2. The van der Waals surface area contributed by atoms with Crippen LogP contribution in [0.2, 0.25) is 0 Å². The van der Waals surface area contributed by atoms with Gasteiger partial charge in [-0.05, 0) is 0 Å². The van der Waals surface area contributed by atoms with E-state index in [9.17, 15) is 26.7 Å². The molecule has 0 bridgehead atoms. The molecule has 2 fully saturated rings. The zero-order valence-electron chi connectivity index (χ0n) is 25.1. The van der Waals surface area contributed by atoms with E-state index in [-0.39, 0.29) is 63.8 Å². The highest BCUT2D eigenvalue weighted by Crippen LogP contribution is 2.04. The van der Waals surface area contributed by atoms with Crippen LogP contribution in [0.3, 0.4) is 0 Å². The van der Waals surface area contributed by atoms with E-state index < -0.39 is 38.1 Å². The summed E-state index contributed by atoms with van der Waals surface area (Å²) in [6.45, 7) is 8.76. The molecule has 1 atom stereocenters. The van der Waals surface area contributed by atoms with E-state index in [1.165, 1.54) is 4.90 Å². The third-order valence-corrected chi connectivity index (χ3v) is 8.00. The normalized spacial score (nSPS) is 18.0. The van der Waals surface area contributed by atoms with Crippen molar-refractivity contribution < 1.29 is 66.9 Å². The highest BCUT2D eigenvalue weighted by Gasteiger charge is 2.21. The van der Waals surface area contributed by atoms with E-state index in [0.29, 0.717) is 19.6 Å². The summed E-state index contributed by atoms with van der Waals surface area (Å²) in [4.78, 5) is 19.8. The quantitative estimate of drug-likeness (QED) is 0.0660. The first kappa shape index (κ1) is 45.0. The number of nitrogens with zero attached hydrogens (tertiary/aromatic N) is 5. The molecule has 0 amide bonds. The topological polar surface area (TPSA) is 295 Å². The Morgan fingerprint density at radius 3 is 1.36 bits per heavy atom. The van der Waals surface area contributed by atoms with Crippen molar-refractivity contribution in [3.05, 3.63) is 0 Å². The van der Waals surface area contributed by atoms with Crippen LogP contribution in [-0.2, 0) is 25.0 Å². The summed E-state index contributed by atoms with van der Waals surface area (Å²) in [6, 6.07) is 0. The lowest BCUT2D eigenvalue weighted by atomic mass is 10.3. The number of aliphatic carboxylic acids is 1. The summed E-state index contributed by atoms with van der Waals surface area (Å²) >= 11 is 0. The molecule has 44 heavy (non-hydrogen) atoms. The third kappa shape index (κ3) is 26.1. The maximum atomic E-state index is 10.6. The molecule has 2 heterocycles. The summed E-state index contributed by atoms with van der Waals surface area (Å²) in [5.74, 6) is -1.77. The van der Waals surface area contributed by atoms with Crippen LogP contribution in [0.15, 0.2) is 0 Å². The Hall–Kier alpha value is -1.15. The van der Waals surface area contributed by atoms with E-state index in [2.05, 4.69) is 9.80 Å². The fourth-order valence-corrected chi connectivity index (χ4v) is 5.38. The van der Waals surface area contributed by atoms with E-state index in [4.69, 9.17) is 34.6 Å². The van der Waals surface area contributed by atoms with Gasteiger partial charge in [-0.2, -0.15) is 16.8 Å². The average Bonchev–Trinajstić information content (AvgIpc) is 2.89. The van der Waals surface area contributed by atoms with Gasteiger partial charge in [0.15, 0.2) is 0 Å². The van der Waals surface area contributed by atoms with Crippen LogP contribution in [0.25, 0.3) is 0 Å². The number of carboxylic acids is 1. The molecule has 0 radical (unpaired) electrons. The van der Waals surface area contributed by atoms with Gasteiger partial charge in [-0.1, -0.05) is 0 Å². The smallest absolute Gasteiger partial charge is 0.317 e. The number of hydrogen-bond acceptors (Lipinski definition) is 15. The molecule has 21 heteroatoms. The van der Waals surface area contributed by atoms with Gasteiger partial charge in [-0.15, -0.1) is 0 Å². The second-order valence-electron chi connectivity index (χ2n) is 10.1. The summed E-state index contributed by atoms with van der Waals surface area (Å²) in [5, 5.41) is 52.2. The van der Waals surface area contributed by atoms with E-state index in [1.54, 1.807) is 0 Å². The Balaban J connectivity index is 0. The standard InChI is InChI=1S/C9H20N2O5S.C8H18N2O4S.C6H13NO4.H2O/c12-6-5-10-1-3-11(4-2-10)7-9(13)8-17(14,15)16;11-7-5-9-1-3-10(4-2-9)6-8-15(12,13)14;8-3-1-7(2-4-9)5-6(10)11;/h9,12-13H,1-8H2,(H,14,15,16);11H,1-8H2,(H,12,13,14);8-9H,1-5H2,(H,10,11);1H2. The molecular weight excluding hydrogens is 634 g/mol. The van der Waals surface area contributed by atoms with Crippen LogP contribution in [-0.4, -0.2) is 235 Å². The van der Waals surface area contributed by atoms with Crippen LogP contribution < -0.4 is 0 Å². The first-order chi connectivity index (χ1) is 20.1. The number of rotatable bonds is 17. The molecule has 0 spiro atoms. The fourth-order valence-electron chi connectivity index (χ4n) is 4.30. The van der Waals surface area contributed by atoms with Gasteiger partial charge in [-0.25, -0.2) is 0 Å². The van der Waals surface area contributed by atoms with Crippen LogP contribution in [0, 0.1) is 0 Å². The van der Waals surface area contributed by atoms with Crippen LogP contribution >= 0.6 is 0 Å². The van der Waals surface area contributed by atoms with Crippen molar-refractivity contribution in [2.24, 2.45) is 0 Å². The maximum absolute atomic E-state index is 10.6. The predicted octanol–water partition coefficient (Wildman–Crippen LogP) is -6.14. The van der Waals surface area contributed by atoms with Crippen molar-refractivity contribution in [1.82, 2.24) is 24.5 Å². The highest BCUT2D eigenvalue weighted by molar-refractivity contribution is 7.86. The molecule has 10 N–H and O–H groups in total. The van der Waals surface area contributed by atoms with Gasteiger partial charge in [0.1, 0.15) is 5.75 Å². The van der Waals surface area contributed by atoms with Gasteiger partial charge in [0.25, 0.3) is 20.2 Å². The molecule has 2 aliphatic rings. The van der Waals surface area contributed by atoms with E-state index in [0.717, 1.165) is 52.4 Å². The number of aliphatic hydroxyl groups is 5. The minimum Gasteiger partial charge on any atom is -0.480 e. The minimum absolute atomic E-state index is 0. The van der Waals surface area contributed by atoms with Crippen molar-refractivity contribution in [2.75, 3.05) is 136 Å². The third-order valence-electron chi connectivity index (χ3n) is 6.49. The van der Waals surface area contributed by atoms with Crippen molar-refractivity contribution in [3.63, 3.8) is 0 Å². The first-order valence-electron chi connectivity index (χ1n) is 14.0. The minimum atomic E-state index is -4.11. The van der Waals surface area contributed by atoms with Gasteiger partial charge >= 0.3 is 5.97 Å². The zero-order chi connectivity index (χ0) is 32.9. The predicted molar refractivity (Wildman–Crippen MR) is 161 cm³/mol. The van der Waals surface area contributed by atoms with Gasteiger partial charge in [0.05, 0.1) is 44.8 Å². The highest BCUT2D eigenvalue weighted by atomic mass is 32.2. The first-order valence-corrected chi connectivity index (χ1v) is 17.2. The number of aliphatic hydroxyl groups excluding tert-OH is 5. The Kier molecular flexibility index (Phi) is 25.6. The Morgan fingerprint density at radius 2 is 1.05 bits per heavy atom. The van der Waals surface area contributed by atoms with Crippen molar-refractivity contribution in [2.45, 2.75) is 6.10 Å². The second-order valence-corrected chi connectivity index (χ2v) is 13.1. The largest absolute Gasteiger partial charge is 0.480 e. The molecule has 266 valence electrons. The monoisotopic (exact) mass is 687 g/mol. The number of carbonyl (C=O) groups is 1. The van der Waals surface area contributed by atoms with Crippen LogP contribution in [0.1, 0.15) is 0 Å². The van der Waals surface area contributed by atoms with Gasteiger partial charge in [-0.3, -0.25) is 38.4 Å². The summed E-state index contributed by atoms with van der Waals surface area (Å²) in [6.07, 6.45) is -1.06. The lowest BCUT2D eigenvalue weighted by Gasteiger charge is -2.35. The lowest BCUT2D eigenvalue weighted by molar-refractivity contribution is -0.138. The Labute approximate surface area is 259 Å². The van der Waals surface area contributed by atoms with Gasteiger partial charge < -0.3 is 36.1 Å². The molecule has 0 saturated carbocycles. The number of hydrogen-bond donors (Lipinski definition) is 8. The van der Waals surface area contributed by atoms with Crippen LogP contribution in [0.4, 0.5) is 0 Å². The number of β-amino-alcohol motifs (C(OH)–C–C–N with tert-alkyl or cyclic N) is 3. The van der Waals surface area contributed by atoms with Crippen molar-refractivity contribution in [1.29, 1.82) is 0 Å². The van der Waals surface area contributed by atoms with Gasteiger partial charge in [0, 0.05) is 91.6 Å².